The zero-order valence-electron chi connectivity index (χ0n) is 15.7. The highest BCUT2D eigenvalue weighted by atomic mass is 32.2. The van der Waals surface area contributed by atoms with Crippen LogP contribution in [0.1, 0.15) is 44.5 Å². The Labute approximate surface area is 164 Å². The number of thioether (sulfide) groups is 2. The lowest BCUT2D eigenvalue weighted by atomic mass is 10.1. The number of nitrogens with two attached hydrogens (primary N) is 1. The van der Waals surface area contributed by atoms with Gasteiger partial charge in [-0.3, -0.25) is 20.4 Å². The fourth-order valence-corrected chi connectivity index (χ4v) is 3.73. The average molecular weight is 400 g/mol. The van der Waals surface area contributed by atoms with Gasteiger partial charge in [-0.25, -0.2) is 0 Å². The van der Waals surface area contributed by atoms with E-state index in [1.54, 1.807) is 35.7 Å². The third-order valence-electron chi connectivity index (χ3n) is 3.36. The molecular weight excluding hydrogens is 370 g/mol. The van der Waals surface area contributed by atoms with Crippen LogP contribution in [-0.2, 0) is 4.79 Å². The Hall–Kier alpha value is -1.22. The van der Waals surface area contributed by atoms with Crippen molar-refractivity contribution in [3.05, 3.63) is 29.8 Å². The van der Waals surface area contributed by atoms with Crippen molar-refractivity contribution in [2.45, 2.75) is 61.7 Å². The molecule has 0 aliphatic carbocycles. The molecule has 0 aromatic heterocycles. The van der Waals surface area contributed by atoms with E-state index in [9.17, 15) is 14.7 Å². The SMILES string of the molecule is CC(C)SCC[C@@H](N)C(O)C(=O)NNC(=O)c1ccc(SC(C)C)cc1. The van der Waals surface area contributed by atoms with E-state index in [0.29, 0.717) is 22.5 Å². The summed E-state index contributed by atoms with van der Waals surface area (Å²) in [6.45, 7) is 8.34. The molecule has 0 aliphatic rings. The third kappa shape index (κ3) is 8.44. The number of aliphatic hydroxyl groups excluding tert-OH is 1. The van der Waals surface area contributed by atoms with Crippen LogP contribution in [0.25, 0.3) is 0 Å². The number of amides is 2. The molecular formula is C18H29N3O3S2. The number of nitrogens with one attached hydrogen (secondary N) is 2. The minimum absolute atomic E-state index is 0.422. The van der Waals surface area contributed by atoms with Gasteiger partial charge in [0.15, 0.2) is 0 Å². The molecule has 1 unspecified atom stereocenters. The van der Waals surface area contributed by atoms with E-state index < -0.39 is 24.0 Å². The summed E-state index contributed by atoms with van der Waals surface area (Å²) in [6.07, 6.45) is -0.853. The number of hydrogen-bond acceptors (Lipinski definition) is 6. The second kappa shape index (κ2) is 11.5. The first-order valence-corrected chi connectivity index (χ1v) is 10.6. The maximum Gasteiger partial charge on any atom is 0.269 e. The van der Waals surface area contributed by atoms with Crippen LogP contribution in [0.15, 0.2) is 29.2 Å². The lowest BCUT2D eigenvalue weighted by Crippen LogP contribution is -2.52. The minimum atomic E-state index is -1.37. The summed E-state index contributed by atoms with van der Waals surface area (Å²) in [5.41, 5.74) is 10.8. The van der Waals surface area contributed by atoms with Crippen LogP contribution in [0, 0.1) is 0 Å². The van der Waals surface area contributed by atoms with Crippen molar-refractivity contribution in [2.24, 2.45) is 5.73 Å². The Kier molecular flexibility index (Phi) is 10.1. The van der Waals surface area contributed by atoms with E-state index in [1.807, 2.05) is 12.1 Å². The van der Waals surface area contributed by atoms with Gasteiger partial charge in [-0.05, 0) is 41.7 Å². The Morgan fingerprint density at radius 3 is 2.23 bits per heavy atom. The van der Waals surface area contributed by atoms with E-state index in [-0.39, 0.29) is 0 Å². The summed E-state index contributed by atoms with van der Waals surface area (Å²) in [7, 11) is 0. The van der Waals surface area contributed by atoms with Gasteiger partial charge >= 0.3 is 0 Å². The van der Waals surface area contributed by atoms with Gasteiger partial charge in [-0.15, -0.1) is 11.8 Å². The van der Waals surface area contributed by atoms with E-state index in [1.165, 1.54) is 0 Å². The van der Waals surface area contributed by atoms with E-state index >= 15 is 0 Å². The molecule has 2 atom stereocenters. The first kappa shape index (κ1) is 22.8. The van der Waals surface area contributed by atoms with Crippen molar-refractivity contribution >= 4 is 35.3 Å². The molecule has 26 heavy (non-hydrogen) atoms. The zero-order valence-corrected chi connectivity index (χ0v) is 17.3. The van der Waals surface area contributed by atoms with Gasteiger partial charge in [-0.2, -0.15) is 11.8 Å². The first-order chi connectivity index (χ1) is 12.2. The molecule has 146 valence electrons. The largest absolute Gasteiger partial charge is 0.382 e. The fourth-order valence-electron chi connectivity index (χ4n) is 2.01. The maximum absolute atomic E-state index is 12.1. The van der Waals surface area contributed by atoms with Crippen LogP contribution < -0.4 is 16.6 Å². The highest BCUT2D eigenvalue weighted by Gasteiger charge is 2.23. The lowest BCUT2D eigenvalue weighted by Gasteiger charge is -2.19. The van der Waals surface area contributed by atoms with Crippen LogP contribution >= 0.6 is 23.5 Å². The summed E-state index contributed by atoms with van der Waals surface area (Å²) in [4.78, 5) is 25.1. The van der Waals surface area contributed by atoms with Gasteiger partial charge in [0.2, 0.25) is 0 Å². The molecule has 2 amide bonds. The van der Waals surface area contributed by atoms with Crippen LogP contribution in [0.2, 0.25) is 0 Å². The molecule has 0 fully saturated rings. The number of hydrogen-bond donors (Lipinski definition) is 4. The van der Waals surface area contributed by atoms with Gasteiger partial charge in [0, 0.05) is 21.8 Å². The van der Waals surface area contributed by atoms with Crippen LogP contribution in [0.5, 0.6) is 0 Å². The monoisotopic (exact) mass is 399 g/mol. The third-order valence-corrected chi connectivity index (χ3v) is 5.52. The second-order valence-corrected chi connectivity index (χ2v) is 9.79. The molecule has 1 rings (SSSR count). The predicted molar refractivity (Wildman–Crippen MR) is 109 cm³/mol. The molecule has 0 saturated carbocycles. The van der Waals surface area contributed by atoms with Gasteiger partial charge in [0.25, 0.3) is 11.8 Å². The van der Waals surface area contributed by atoms with Crippen molar-refractivity contribution in [3.8, 4) is 0 Å². The van der Waals surface area contributed by atoms with Crippen LogP contribution in [-0.4, -0.2) is 45.3 Å². The Morgan fingerprint density at radius 1 is 1.08 bits per heavy atom. The summed E-state index contributed by atoms with van der Waals surface area (Å²) >= 11 is 3.42. The molecule has 6 nitrogen and oxygen atoms in total. The van der Waals surface area contributed by atoms with Crippen molar-refractivity contribution in [3.63, 3.8) is 0 Å². The van der Waals surface area contributed by atoms with Gasteiger partial charge in [-0.1, -0.05) is 27.7 Å². The van der Waals surface area contributed by atoms with Gasteiger partial charge in [0.1, 0.15) is 6.10 Å². The molecule has 8 heteroatoms. The molecule has 0 heterocycles. The average Bonchev–Trinajstić information content (AvgIpc) is 2.58. The first-order valence-electron chi connectivity index (χ1n) is 8.63. The zero-order chi connectivity index (χ0) is 19.7. The van der Waals surface area contributed by atoms with E-state index in [2.05, 4.69) is 38.5 Å². The summed E-state index contributed by atoms with van der Waals surface area (Å²) in [6, 6.07) is 6.43. The topological polar surface area (TPSA) is 104 Å². The van der Waals surface area contributed by atoms with Crippen molar-refractivity contribution in [1.29, 1.82) is 0 Å². The molecule has 5 N–H and O–H groups in total. The molecule has 0 aliphatic heterocycles. The summed E-state index contributed by atoms with van der Waals surface area (Å²) in [5, 5.41) is 10.9. The molecule has 1 aromatic rings. The minimum Gasteiger partial charge on any atom is -0.382 e. The lowest BCUT2D eigenvalue weighted by molar-refractivity contribution is -0.131. The van der Waals surface area contributed by atoms with Crippen LogP contribution in [0.3, 0.4) is 0 Å². The second-order valence-electron chi connectivity index (χ2n) is 6.45. The van der Waals surface area contributed by atoms with Gasteiger partial charge in [0.05, 0.1) is 0 Å². The molecule has 0 saturated heterocycles. The number of aliphatic hydroxyl groups is 1. The molecule has 0 bridgehead atoms. The quantitative estimate of drug-likeness (QED) is 0.375. The van der Waals surface area contributed by atoms with Crippen LogP contribution in [0.4, 0.5) is 0 Å². The number of benzene rings is 1. The van der Waals surface area contributed by atoms with Crippen molar-refractivity contribution < 1.29 is 14.7 Å². The highest BCUT2D eigenvalue weighted by molar-refractivity contribution is 8.00. The van der Waals surface area contributed by atoms with Gasteiger partial charge < -0.3 is 10.8 Å². The number of carbonyl (C=O) groups is 2. The predicted octanol–water partition coefficient (Wildman–Crippen LogP) is 2.17. The Balaban J connectivity index is 2.44. The standard InChI is InChI=1S/C18H29N3O3S2/c1-11(2)25-10-9-15(19)16(22)18(24)21-20-17(23)13-5-7-14(8-6-13)26-12(3)4/h5-8,11-12,15-16,22H,9-10,19H2,1-4H3,(H,20,23)(H,21,24)/t15-,16?/m1/s1. The van der Waals surface area contributed by atoms with E-state index in [4.69, 9.17) is 5.73 Å². The molecule has 0 radical (unpaired) electrons. The summed E-state index contributed by atoms with van der Waals surface area (Å²) < 4.78 is 0. The van der Waals surface area contributed by atoms with Crippen molar-refractivity contribution in [2.75, 3.05) is 5.75 Å². The normalized spacial score (nSPS) is 13.5. The number of carbonyl (C=O) groups excluding carboxylic acids is 2. The molecule has 0 spiro atoms. The highest BCUT2D eigenvalue weighted by Crippen LogP contribution is 2.22. The Bertz CT molecular complexity index is 580. The maximum atomic E-state index is 12.1. The number of hydrazine groups is 1. The summed E-state index contributed by atoms with van der Waals surface area (Å²) in [5.74, 6) is -0.404. The fraction of sp³-hybridized carbons (Fsp3) is 0.556. The van der Waals surface area contributed by atoms with E-state index in [0.717, 1.165) is 10.6 Å². The molecule has 1 aromatic carbocycles. The number of rotatable bonds is 9. The smallest absolute Gasteiger partial charge is 0.269 e. The Morgan fingerprint density at radius 2 is 1.69 bits per heavy atom. The van der Waals surface area contributed by atoms with Crippen molar-refractivity contribution in [1.82, 2.24) is 10.9 Å².